The van der Waals surface area contributed by atoms with Gasteiger partial charge in [-0.15, -0.1) is 0 Å². The highest BCUT2D eigenvalue weighted by atomic mass is 35.5. The van der Waals surface area contributed by atoms with E-state index in [0.29, 0.717) is 19.8 Å². The van der Waals surface area contributed by atoms with Crippen LogP contribution in [-0.2, 0) is 24.2 Å². The van der Waals surface area contributed by atoms with Gasteiger partial charge in [-0.05, 0) is 12.1 Å². The molecule has 0 spiro atoms. The van der Waals surface area contributed by atoms with Crippen molar-refractivity contribution in [3.63, 3.8) is 0 Å². The summed E-state index contributed by atoms with van der Waals surface area (Å²) in [5, 5.41) is 0.270. The minimum atomic E-state index is -3.68. The molecule has 0 saturated carbocycles. The molecule has 0 unspecified atom stereocenters. The third-order valence-corrected chi connectivity index (χ3v) is 5.97. The molecule has 1 aliphatic heterocycles. The Morgan fingerprint density at radius 1 is 1.04 bits per heavy atom. The normalized spacial score (nSPS) is 16.0. The fourth-order valence-electron chi connectivity index (χ4n) is 2.20. The van der Waals surface area contributed by atoms with E-state index in [4.69, 9.17) is 42.1 Å². The molecule has 0 amide bonds. The average molecular weight is 414 g/mol. The van der Waals surface area contributed by atoms with Crippen molar-refractivity contribution in [2.45, 2.75) is 11.0 Å². The van der Waals surface area contributed by atoms with Gasteiger partial charge in [-0.3, -0.25) is 0 Å². The van der Waals surface area contributed by atoms with E-state index in [2.05, 4.69) is 0 Å². The summed E-state index contributed by atoms with van der Waals surface area (Å²) in [5.41, 5.74) is 0. The first-order valence-corrected chi connectivity index (χ1v) is 9.81. The summed E-state index contributed by atoms with van der Waals surface area (Å²) in [5.74, 6) is 0.240. The zero-order chi connectivity index (χ0) is 18.4. The van der Waals surface area contributed by atoms with Crippen LogP contribution in [0.5, 0.6) is 5.75 Å². The third kappa shape index (κ3) is 5.19. The number of ether oxygens (including phenoxy) is 4. The van der Waals surface area contributed by atoms with Crippen LogP contribution in [-0.4, -0.2) is 72.6 Å². The predicted molar refractivity (Wildman–Crippen MR) is 94.2 cm³/mol. The maximum atomic E-state index is 12.6. The molecule has 142 valence electrons. The number of nitrogens with zero attached hydrogens (tertiary/aromatic N) is 1. The molecule has 0 aliphatic carbocycles. The molecule has 1 heterocycles. The van der Waals surface area contributed by atoms with E-state index in [1.807, 2.05) is 0 Å². The number of rotatable bonds is 10. The third-order valence-electron chi connectivity index (χ3n) is 3.60. The first kappa shape index (κ1) is 20.7. The molecule has 1 aromatic rings. The first-order chi connectivity index (χ1) is 11.9. The second-order valence-corrected chi connectivity index (χ2v) is 8.12. The largest absolute Gasteiger partial charge is 0.488 e. The van der Waals surface area contributed by atoms with Crippen molar-refractivity contribution in [2.24, 2.45) is 0 Å². The van der Waals surface area contributed by atoms with Crippen LogP contribution in [0.1, 0.15) is 0 Å². The SMILES string of the molecule is COCCOc1c(Cl)cc(S(=O)(=O)N2CC(OCCOC)C2)cc1Cl. The van der Waals surface area contributed by atoms with Crippen molar-refractivity contribution in [2.75, 3.05) is 53.7 Å². The molecule has 0 bridgehead atoms. The van der Waals surface area contributed by atoms with Crippen molar-refractivity contribution in [3.8, 4) is 5.75 Å². The van der Waals surface area contributed by atoms with Crippen LogP contribution in [0, 0.1) is 0 Å². The van der Waals surface area contributed by atoms with Crippen LogP contribution in [0.2, 0.25) is 10.0 Å². The van der Waals surface area contributed by atoms with Crippen LogP contribution in [0.25, 0.3) is 0 Å². The molecule has 1 aromatic carbocycles. The van der Waals surface area contributed by atoms with Gasteiger partial charge >= 0.3 is 0 Å². The second-order valence-electron chi connectivity index (χ2n) is 5.36. The molecule has 1 saturated heterocycles. The Labute approximate surface area is 157 Å². The van der Waals surface area contributed by atoms with E-state index in [-0.39, 0.29) is 46.5 Å². The lowest BCUT2D eigenvalue weighted by Gasteiger charge is -2.37. The van der Waals surface area contributed by atoms with Gasteiger partial charge in [0.15, 0.2) is 5.75 Å². The van der Waals surface area contributed by atoms with Gasteiger partial charge in [0.05, 0.1) is 40.9 Å². The van der Waals surface area contributed by atoms with Gasteiger partial charge in [0.25, 0.3) is 0 Å². The summed E-state index contributed by atoms with van der Waals surface area (Å²) >= 11 is 12.3. The first-order valence-electron chi connectivity index (χ1n) is 7.61. The van der Waals surface area contributed by atoms with Crippen molar-refractivity contribution in [1.82, 2.24) is 4.31 Å². The summed E-state index contributed by atoms with van der Waals surface area (Å²) in [7, 11) is -0.556. The van der Waals surface area contributed by atoms with E-state index in [1.165, 1.54) is 16.4 Å². The lowest BCUT2D eigenvalue weighted by atomic mass is 10.2. The van der Waals surface area contributed by atoms with Crippen LogP contribution in [0.4, 0.5) is 0 Å². The molecule has 10 heteroatoms. The van der Waals surface area contributed by atoms with E-state index >= 15 is 0 Å². The Bertz CT molecular complexity index is 656. The Hall–Kier alpha value is -0.610. The molecule has 1 fully saturated rings. The fourth-order valence-corrected chi connectivity index (χ4v) is 4.48. The Kier molecular flexibility index (Phi) is 7.75. The molecular formula is C15H21Cl2NO6S. The summed E-state index contributed by atoms with van der Waals surface area (Å²) < 4.78 is 47.3. The molecule has 7 nitrogen and oxygen atoms in total. The Morgan fingerprint density at radius 3 is 2.16 bits per heavy atom. The van der Waals surface area contributed by atoms with Gasteiger partial charge in [0, 0.05) is 27.3 Å². The maximum absolute atomic E-state index is 12.6. The number of benzene rings is 1. The van der Waals surface area contributed by atoms with Gasteiger partial charge in [0.1, 0.15) is 6.61 Å². The molecule has 0 atom stereocenters. The molecule has 25 heavy (non-hydrogen) atoms. The summed E-state index contributed by atoms with van der Waals surface area (Å²) in [6.07, 6.45) is -0.132. The predicted octanol–water partition coefficient (Wildman–Crippen LogP) is 2.05. The molecule has 0 radical (unpaired) electrons. The highest BCUT2D eigenvalue weighted by molar-refractivity contribution is 7.89. The highest BCUT2D eigenvalue weighted by Crippen LogP contribution is 2.37. The zero-order valence-corrected chi connectivity index (χ0v) is 16.4. The van der Waals surface area contributed by atoms with E-state index in [9.17, 15) is 8.42 Å². The quantitative estimate of drug-likeness (QED) is 0.546. The fraction of sp³-hybridized carbons (Fsp3) is 0.600. The molecule has 0 aromatic heterocycles. The number of hydrogen-bond acceptors (Lipinski definition) is 6. The van der Waals surface area contributed by atoms with E-state index in [1.54, 1.807) is 14.2 Å². The maximum Gasteiger partial charge on any atom is 0.243 e. The summed E-state index contributed by atoms with van der Waals surface area (Å²) in [6, 6.07) is 2.67. The number of sulfonamides is 1. The van der Waals surface area contributed by atoms with Crippen molar-refractivity contribution in [1.29, 1.82) is 0 Å². The monoisotopic (exact) mass is 413 g/mol. The lowest BCUT2D eigenvalue weighted by molar-refractivity contribution is -0.0380. The molecule has 1 aliphatic rings. The Morgan fingerprint density at radius 2 is 1.60 bits per heavy atom. The average Bonchev–Trinajstić information content (AvgIpc) is 2.51. The second kappa shape index (κ2) is 9.36. The highest BCUT2D eigenvalue weighted by Gasteiger charge is 2.37. The van der Waals surface area contributed by atoms with Gasteiger partial charge in [0.2, 0.25) is 10.0 Å². The van der Waals surface area contributed by atoms with Crippen LogP contribution < -0.4 is 4.74 Å². The van der Waals surface area contributed by atoms with Gasteiger partial charge < -0.3 is 18.9 Å². The number of hydrogen-bond donors (Lipinski definition) is 0. The minimum Gasteiger partial charge on any atom is -0.488 e. The van der Waals surface area contributed by atoms with Crippen molar-refractivity contribution in [3.05, 3.63) is 22.2 Å². The number of halogens is 2. The molecule has 2 rings (SSSR count). The molecular weight excluding hydrogens is 393 g/mol. The summed E-state index contributed by atoms with van der Waals surface area (Å²) in [6.45, 7) is 2.10. The smallest absolute Gasteiger partial charge is 0.243 e. The van der Waals surface area contributed by atoms with Crippen molar-refractivity contribution < 1.29 is 27.4 Å². The van der Waals surface area contributed by atoms with Crippen LogP contribution in [0.3, 0.4) is 0 Å². The van der Waals surface area contributed by atoms with Gasteiger partial charge in [-0.25, -0.2) is 8.42 Å². The Balaban J connectivity index is 2.03. The van der Waals surface area contributed by atoms with Gasteiger partial charge in [-0.1, -0.05) is 23.2 Å². The van der Waals surface area contributed by atoms with Gasteiger partial charge in [-0.2, -0.15) is 4.31 Å². The zero-order valence-electron chi connectivity index (χ0n) is 14.0. The van der Waals surface area contributed by atoms with E-state index in [0.717, 1.165) is 0 Å². The number of methoxy groups -OCH3 is 2. The topological polar surface area (TPSA) is 74.3 Å². The van der Waals surface area contributed by atoms with Crippen LogP contribution >= 0.6 is 23.2 Å². The molecule has 0 N–H and O–H groups in total. The minimum absolute atomic E-state index is 0.0249. The summed E-state index contributed by atoms with van der Waals surface area (Å²) in [4.78, 5) is 0.0249. The lowest BCUT2D eigenvalue weighted by Crippen LogP contribution is -2.54. The van der Waals surface area contributed by atoms with E-state index < -0.39 is 10.0 Å². The van der Waals surface area contributed by atoms with Crippen molar-refractivity contribution >= 4 is 33.2 Å². The van der Waals surface area contributed by atoms with Crippen LogP contribution in [0.15, 0.2) is 17.0 Å². The standard InChI is InChI=1S/C15H21Cl2NO6S/c1-21-3-5-23-11-9-18(10-11)25(19,20)12-7-13(16)15(14(17)8-12)24-6-4-22-2/h7-8,11H,3-6,9-10H2,1-2H3.